The Labute approximate surface area is 152 Å². The number of piperidine rings is 1. The molecule has 1 saturated heterocycles. The van der Waals surface area contributed by atoms with Crippen LogP contribution in [0.5, 0.6) is 0 Å². The number of ether oxygens (including phenoxy) is 1. The second kappa shape index (κ2) is 6.99. The molecular weight excluding hydrogens is 332 g/mol. The zero-order valence-electron chi connectivity index (χ0n) is 15.5. The Balaban J connectivity index is 1.93. The first-order valence-corrected chi connectivity index (χ1v) is 8.67. The zero-order chi connectivity index (χ0) is 18.9. The average Bonchev–Trinajstić information content (AvgIpc) is 2.99. The maximum absolute atomic E-state index is 12.9. The van der Waals surface area contributed by atoms with Crippen LogP contribution in [0.4, 0.5) is 0 Å². The maximum atomic E-state index is 12.9. The molecule has 0 bridgehead atoms. The predicted molar refractivity (Wildman–Crippen MR) is 95.0 cm³/mol. The number of nitrogens with one attached hydrogen (secondary N) is 1. The van der Waals surface area contributed by atoms with Crippen molar-refractivity contribution >= 4 is 11.8 Å². The van der Waals surface area contributed by atoms with E-state index in [0.717, 1.165) is 5.56 Å². The van der Waals surface area contributed by atoms with Gasteiger partial charge in [0.1, 0.15) is 17.2 Å². The van der Waals surface area contributed by atoms with Gasteiger partial charge in [-0.15, -0.1) is 5.10 Å². The smallest absolute Gasteiger partial charge is 0.319 e. The molecule has 3 atom stereocenters. The van der Waals surface area contributed by atoms with Crippen molar-refractivity contribution in [2.24, 2.45) is 13.0 Å². The molecule has 1 aromatic heterocycles. The molecular formula is C19H24N4O3. The van der Waals surface area contributed by atoms with E-state index in [2.05, 4.69) is 15.6 Å². The highest BCUT2D eigenvalue weighted by Gasteiger charge is 2.45. The summed E-state index contributed by atoms with van der Waals surface area (Å²) < 4.78 is 7.05. The third-order valence-corrected chi connectivity index (χ3v) is 4.27. The van der Waals surface area contributed by atoms with E-state index in [4.69, 9.17) is 4.74 Å². The van der Waals surface area contributed by atoms with Gasteiger partial charge in [-0.2, -0.15) is 0 Å². The predicted octanol–water partition coefficient (Wildman–Crippen LogP) is 2.12. The van der Waals surface area contributed by atoms with Crippen LogP contribution in [-0.4, -0.2) is 32.3 Å². The molecule has 2 heterocycles. The highest BCUT2D eigenvalue weighted by atomic mass is 16.6. The summed E-state index contributed by atoms with van der Waals surface area (Å²) >= 11 is 0. The molecule has 1 aliphatic heterocycles. The van der Waals surface area contributed by atoms with E-state index in [1.165, 1.54) is 0 Å². The number of carbonyl (C=O) groups is 2. The lowest BCUT2D eigenvalue weighted by molar-refractivity contribution is -0.164. The minimum atomic E-state index is -0.939. The van der Waals surface area contributed by atoms with Gasteiger partial charge in [0.05, 0.1) is 6.04 Å². The van der Waals surface area contributed by atoms with Crippen LogP contribution in [-0.2, 0) is 21.4 Å². The summed E-state index contributed by atoms with van der Waals surface area (Å²) in [4.78, 5) is 25.6. The Kier molecular flexibility index (Phi) is 4.91. The minimum absolute atomic E-state index is 0.150. The van der Waals surface area contributed by atoms with Gasteiger partial charge < -0.3 is 10.1 Å². The third-order valence-electron chi connectivity index (χ3n) is 4.27. The number of Topliss-reactive ketones (excluding diaryl/α,β-unsaturated/α-hetero) is 1. The second-order valence-corrected chi connectivity index (χ2v) is 7.61. The van der Waals surface area contributed by atoms with Crippen molar-refractivity contribution in [2.45, 2.75) is 44.9 Å². The third kappa shape index (κ3) is 3.99. The van der Waals surface area contributed by atoms with Gasteiger partial charge in [-0.25, -0.2) is 0 Å². The van der Waals surface area contributed by atoms with Gasteiger partial charge >= 0.3 is 5.97 Å². The lowest BCUT2D eigenvalue weighted by Gasteiger charge is -2.35. The molecule has 1 fully saturated rings. The van der Waals surface area contributed by atoms with E-state index in [1.807, 2.05) is 30.3 Å². The summed E-state index contributed by atoms with van der Waals surface area (Å²) in [5, 5.41) is 11.5. The van der Waals surface area contributed by atoms with Gasteiger partial charge in [-0.3, -0.25) is 14.3 Å². The highest BCUT2D eigenvalue weighted by Crippen LogP contribution is 2.35. The van der Waals surface area contributed by atoms with E-state index < -0.39 is 23.5 Å². The quantitative estimate of drug-likeness (QED) is 0.670. The van der Waals surface area contributed by atoms with Gasteiger partial charge in [0.15, 0.2) is 5.78 Å². The van der Waals surface area contributed by atoms with E-state index in [9.17, 15) is 9.59 Å². The first-order valence-electron chi connectivity index (χ1n) is 8.67. The van der Waals surface area contributed by atoms with Crippen molar-refractivity contribution < 1.29 is 14.3 Å². The van der Waals surface area contributed by atoms with Crippen LogP contribution in [0.1, 0.15) is 50.5 Å². The van der Waals surface area contributed by atoms with Crippen molar-refractivity contribution in [2.75, 3.05) is 0 Å². The van der Waals surface area contributed by atoms with Crippen molar-refractivity contribution in [1.82, 2.24) is 20.3 Å². The van der Waals surface area contributed by atoms with Crippen molar-refractivity contribution in [1.29, 1.82) is 0 Å². The molecule has 1 N–H and O–H groups in total. The monoisotopic (exact) mass is 356 g/mol. The van der Waals surface area contributed by atoms with Crippen LogP contribution in [0.25, 0.3) is 0 Å². The topological polar surface area (TPSA) is 86.1 Å². The Morgan fingerprint density at radius 3 is 2.54 bits per heavy atom. The molecule has 2 aromatic rings. The summed E-state index contributed by atoms with van der Waals surface area (Å²) in [5.74, 6) is -1.62. The van der Waals surface area contributed by atoms with Crippen LogP contribution in [0.15, 0.2) is 36.5 Å². The number of carbonyl (C=O) groups excluding carboxylic acids is 2. The highest BCUT2D eigenvalue weighted by molar-refractivity contribution is 6.01. The number of aryl methyl sites for hydroxylation is 1. The van der Waals surface area contributed by atoms with Crippen LogP contribution >= 0.6 is 0 Å². The van der Waals surface area contributed by atoms with Crippen molar-refractivity contribution in [3.8, 4) is 0 Å². The molecule has 138 valence electrons. The molecule has 0 unspecified atom stereocenters. The van der Waals surface area contributed by atoms with E-state index >= 15 is 0 Å². The number of ketones is 1. The first-order chi connectivity index (χ1) is 12.2. The minimum Gasteiger partial charge on any atom is -0.459 e. The molecule has 0 aliphatic carbocycles. The van der Waals surface area contributed by atoms with E-state index in [0.29, 0.717) is 5.69 Å². The number of hydrogen-bond acceptors (Lipinski definition) is 6. The lowest BCUT2D eigenvalue weighted by atomic mass is 9.82. The Morgan fingerprint density at radius 2 is 1.96 bits per heavy atom. The summed E-state index contributed by atoms with van der Waals surface area (Å²) in [6.07, 6.45) is 1.94. The first kappa shape index (κ1) is 18.3. The fourth-order valence-electron chi connectivity index (χ4n) is 3.18. The molecule has 26 heavy (non-hydrogen) atoms. The summed E-state index contributed by atoms with van der Waals surface area (Å²) in [7, 11) is 1.75. The van der Waals surface area contributed by atoms with Crippen LogP contribution in [0, 0.1) is 5.92 Å². The van der Waals surface area contributed by atoms with Gasteiger partial charge in [-0.1, -0.05) is 35.5 Å². The maximum Gasteiger partial charge on any atom is 0.319 e. The molecule has 1 aliphatic rings. The number of rotatable bonds is 3. The summed E-state index contributed by atoms with van der Waals surface area (Å²) in [5.41, 5.74) is 0.885. The molecule has 0 radical (unpaired) electrons. The van der Waals surface area contributed by atoms with Gasteiger partial charge in [0, 0.05) is 25.7 Å². The van der Waals surface area contributed by atoms with E-state index in [-0.39, 0.29) is 18.2 Å². The normalized spacial score (nSPS) is 23.7. The molecule has 1 aromatic carbocycles. The van der Waals surface area contributed by atoms with Gasteiger partial charge in [0.2, 0.25) is 0 Å². The number of aromatic nitrogens is 3. The Hall–Kier alpha value is -2.54. The SMILES string of the molecule is Cn1cc([C@H]2N[C@@H](c3ccccc3)CC(=O)[C@@H]2C(=O)OC(C)(C)C)nn1. The number of benzene rings is 1. The standard InChI is InChI=1S/C19H24N4O3/c1-19(2,3)26-18(25)16-15(24)10-13(12-8-6-5-7-9-12)20-17(16)14-11-23(4)22-21-14/h5-9,11,13,16-17,20H,10H2,1-4H3/t13-,16+,17-/m1/s1. The lowest BCUT2D eigenvalue weighted by Crippen LogP contribution is -2.47. The fourth-order valence-corrected chi connectivity index (χ4v) is 3.18. The second-order valence-electron chi connectivity index (χ2n) is 7.61. The zero-order valence-corrected chi connectivity index (χ0v) is 15.5. The Morgan fingerprint density at radius 1 is 1.27 bits per heavy atom. The van der Waals surface area contributed by atoms with Gasteiger partial charge in [-0.05, 0) is 26.3 Å². The summed E-state index contributed by atoms with van der Waals surface area (Å²) in [6, 6.07) is 8.95. The molecule has 0 saturated carbocycles. The molecule has 7 heteroatoms. The van der Waals surface area contributed by atoms with Gasteiger partial charge in [0.25, 0.3) is 0 Å². The number of hydrogen-bond donors (Lipinski definition) is 1. The van der Waals surface area contributed by atoms with Crippen molar-refractivity contribution in [3.63, 3.8) is 0 Å². The molecule has 3 rings (SSSR count). The van der Waals surface area contributed by atoms with Crippen LogP contribution in [0.3, 0.4) is 0 Å². The Bertz CT molecular complexity index is 795. The van der Waals surface area contributed by atoms with Crippen LogP contribution < -0.4 is 5.32 Å². The largest absolute Gasteiger partial charge is 0.459 e. The number of esters is 1. The molecule has 0 amide bonds. The molecule has 7 nitrogen and oxygen atoms in total. The molecule has 0 spiro atoms. The average molecular weight is 356 g/mol. The van der Waals surface area contributed by atoms with Crippen molar-refractivity contribution in [3.05, 3.63) is 47.8 Å². The van der Waals surface area contributed by atoms with Crippen LogP contribution in [0.2, 0.25) is 0 Å². The fraction of sp³-hybridized carbons (Fsp3) is 0.474. The number of nitrogens with zero attached hydrogens (tertiary/aromatic N) is 3. The van der Waals surface area contributed by atoms with E-state index in [1.54, 1.807) is 38.7 Å². The summed E-state index contributed by atoms with van der Waals surface area (Å²) in [6.45, 7) is 5.36.